The normalized spacial score (nSPS) is 16.5. The van der Waals surface area contributed by atoms with E-state index in [2.05, 4.69) is 30.8 Å². The lowest BCUT2D eigenvalue weighted by molar-refractivity contribution is 0.100. The van der Waals surface area contributed by atoms with Gasteiger partial charge >= 0.3 is 0 Å². The number of halogens is 1. The number of carbonyl (C=O) groups excluding carboxylic acids is 1. The molecule has 5 rings (SSSR count). The van der Waals surface area contributed by atoms with Crippen LogP contribution in [0.1, 0.15) is 47.3 Å². The molecule has 0 saturated heterocycles. The molecule has 12 heteroatoms. The van der Waals surface area contributed by atoms with Crippen LogP contribution in [0.5, 0.6) is 0 Å². The Hall–Kier alpha value is -4.42. The summed E-state index contributed by atoms with van der Waals surface area (Å²) in [5.74, 6) is -1.33. The van der Waals surface area contributed by atoms with E-state index in [0.717, 1.165) is 31.7 Å². The number of hydrogen-bond donors (Lipinski definition) is 4. The minimum atomic E-state index is -0.802. The summed E-state index contributed by atoms with van der Waals surface area (Å²) in [5.41, 5.74) is 14.6. The highest BCUT2D eigenvalue weighted by Gasteiger charge is 2.24. The number of carbonyl (C=O) groups is 1. The fourth-order valence-corrected chi connectivity index (χ4v) is 4.40. The monoisotopic (exact) mass is 547 g/mol. The van der Waals surface area contributed by atoms with Crippen LogP contribution in [0.3, 0.4) is 0 Å². The third kappa shape index (κ3) is 7.36. The summed E-state index contributed by atoms with van der Waals surface area (Å²) in [5, 5.41) is 14.3. The zero-order chi connectivity index (χ0) is 28.5. The molecule has 11 nitrogen and oxygen atoms in total. The number of nitrogens with one attached hydrogen (secondary N) is 2. The largest absolute Gasteiger partial charge is 0.380 e. The van der Waals surface area contributed by atoms with Crippen molar-refractivity contribution in [1.82, 2.24) is 25.0 Å². The van der Waals surface area contributed by atoms with Crippen molar-refractivity contribution in [3.8, 4) is 5.69 Å². The van der Waals surface area contributed by atoms with Crippen LogP contribution in [0.4, 0.5) is 21.7 Å². The van der Waals surface area contributed by atoms with E-state index in [1.165, 1.54) is 10.4 Å². The Morgan fingerprint density at radius 3 is 2.52 bits per heavy atom. The Labute approximate surface area is 232 Å². The number of hydrogen-bond acceptors (Lipinski definition) is 9. The van der Waals surface area contributed by atoms with Crippen molar-refractivity contribution < 1.29 is 13.9 Å². The minimum absolute atomic E-state index is 0.0175. The zero-order valence-electron chi connectivity index (χ0n) is 22.5. The van der Waals surface area contributed by atoms with Crippen LogP contribution in [0.2, 0.25) is 0 Å². The number of pyridine rings is 2. The summed E-state index contributed by atoms with van der Waals surface area (Å²) in [7, 11) is 1.70. The molecule has 3 heterocycles. The van der Waals surface area contributed by atoms with Crippen molar-refractivity contribution >= 4 is 23.2 Å². The quantitative estimate of drug-likeness (QED) is 0.257. The fourth-order valence-electron chi connectivity index (χ4n) is 4.40. The lowest BCUT2D eigenvalue weighted by Crippen LogP contribution is -2.43. The number of primary amides is 1. The molecule has 40 heavy (non-hydrogen) atoms. The zero-order valence-corrected chi connectivity index (χ0v) is 22.5. The van der Waals surface area contributed by atoms with Gasteiger partial charge in [0.05, 0.1) is 42.1 Å². The molecule has 4 aromatic rings. The molecule has 1 aromatic carbocycles. The molecule has 1 aliphatic carbocycles. The molecule has 0 aliphatic heterocycles. The van der Waals surface area contributed by atoms with Crippen molar-refractivity contribution in [1.29, 1.82) is 0 Å². The Bertz CT molecular complexity index is 1400. The lowest BCUT2D eigenvalue weighted by atomic mass is 9.91. The van der Waals surface area contributed by atoms with Gasteiger partial charge < -0.3 is 26.8 Å². The first-order valence-corrected chi connectivity index (χ1v) is 13.0. The highest BCUT2D eigenvalue weighted by molar-refractivity contribution is 5.98. The van der Waals surface area contributed by atoms with Crippen LogP contribution < -0.4 is 22.1 Å². The van der Waals surface area contributed by atoms with Gasteiger partial charge in [-0.2, -0.15) is 10.2 Å². The van der Waals surface area contributed by atoms with Gasteiger partial charge in [-0.1, -0.05) is 43.2 Å². The molecule has 0 radical (unpaired) electrons. The van der Waals surface area contributed by atoms with E-state index in [4.69, 9.17) is 16.2 Å². The molecular formula is C28H34FN9O2. The van der Waals surface area contributed by atoms with E-state index in [9.17, 15) is 9.18 Å². The van der Waals surface area contributed by atoms with Crippen LogP contribution in [0.25, 0.3) is 5.69 Å². The fraction of sp³-hybridized carbons (Fsp3) is 0.321. The highest BCUT2D eigenvalue weighted by atomic mass is 19.1. The van der Waals surface area contributed by atoms with Crippen molar-refractivity contribution in [2.24, 2.45) is 11.5 Å². The summed E-state index contributed by atoms with van der Waals surface area (Å²) >= 11 is 0. The molecule has 0 spiro atoms. The van der Waals surface area contributed by atoms with Gasteiger partial charge in [-0.15, -0.1) is 4.80 Å². The van der Waals surface area contributed by atoms with E-state index in [1.807, 2.05) is 37.3 Å². The van der Waals surface area contributed by atoms with E-state index >= 15 is 0 Å². The number of rotatable bonds is 8. The Morgan fingerprint density at radius 2 is 1.85 bits per heavy atom. The molecule has 210 valence electrons. The molecule has 1 fully saturated rings. The van der Waals surface area contributed by atoms with E-state index < -0.39 is 11.7 Å². The summed E-state index contributed by atoms with van der Waals surface area (Å²) in [6.45, 7) is 2.53. The predicted octanol–water partition coefficient (Wildman–Crippen LogP) is 3.86. The van der Waals surface area contributed by atoms with E-state index in [0.29, 0.717) is 23.7 Å². The van der Waals surface area contributed by atoms with Crippen molar-refractivity contribution in [3.05, 3.63) is 83.7 Å². The summed E-state index contributed by atoms with van der Waals surface area (Å²) in [6, 6.07) is 12.7. The second-order valence-electron chi connectivity index (χ2n) is 9.47. The first-order chi connectivity index (χ1) is 19.4. The third-order valence-electron chi connectivity index (χ3n) is 6.49. The SMILES string of the molecule is COCc1ccccc1.Cc1ncc(Nc2nc(NC3CCCCC3N)c(F)cc2C(N)=O)cc1-n1nccn1. The Balaban J connectivity index is 0.000000350. The summed E-state index contributed by atoms with van der Waals surface area (Å²) in [6.07, 6.45) is 8.43. The number of benzene rings is 1. The van der Waals surface area contributed by atoms with Gasteiger partial charge in [0.1, 0.15) is 11.5 Å². The van der Waals surface area contributed by atoms with Crippen LogP contribution in [0, 0.1) is 12.7 Å². The smallest absolute Gasteiger partial charge is 0.252 e. The third-order valence-corrected chi connectivity index (χ3v) is 6.49. The van der Waals surface area contributed by atoms with Gasteiger partial charge in [0.25, 0.3) is 5.91 Å². The number of nitrogens with zero attached hydrogens (tertiary/aromatic N) is 5. The van der Waals surface area contributed by atoms with Gasteiger partial charge in [-0.05, 0) is 37.5 Å². The molecule has 1 aliphatic rings. The minimum Gasteiger partial charge on any atom is -0.380 e. The van der Waals surface area contributed by atoms with Gasteiger partial charge in [-0.3, -0.25) is 9.78 Å². The second kappa shape index (κ2) is 13.6. The van der Waals surface area contributed by atoms with Crippen molar-refractivity contribution in [2.75, 3.05) is 17.7 Å². The highest BCUT2D eigenvalue weighted by Crippen LogP contribution is 2.27. The van der Waals surface area contributed by atoms with Crippen LogP contribution >= 0.6 is 0 Å². The topological polar surface area (TPSA) is 159 Å². The number of amides is 1. The Kier molecular flexibility index (Phi) is 9.71. The second-order valence-corrected chi connectivity index (χ2v) is 9.47. The average Bonchev–Trinajstić information content (AvgIpc) is 3.48. The van der Waals surface area contributed by atoms with Gasteiger partial charge in [0, 0.05) is 19.2 Å². The summed E-state index contributed by atoms with van der Waals surface area (Å²) in [4.78, 5) is 22.0. The first-order valence-electron chi connectivity index (χ1n) is 13.0. The standard InChI is InChI=1S/C20H24FN9O.C8H10O/c1-11-17(30-25-6-7-26-30)8-12(10-24-11)27-19-13(18(23)31)9-14(21)20(29-19)28-16-5-3-2-4-15(16)22;1-9-7-8-5-3-2-4-6-8/h6-10,15-16H,2-5,22H2,1H3,(H2,23,31)(H2,27,28,29);2-6H,7H2,1H3. The number of aryl methyl sites for hydroxylation is 1. The molecular weight excluding hydrogens is 513 g/mol. The van der Waals surface area contributed by atoms with Crippen LogP contribution in [0.15, 0.2) is 61.1 Å². The van der Waals surface area contributed by atoms with E-state index in [-0.39, 0.29) is 29.3 Å². The lowest BCUT2D eigenvalue weighted by Gasteiger charge is -2.30. The molecule has 1 amide bonds. The predicted molar refractivity (Wildman–Crippen MR) is 151 cm³/mol. The molecule has 3 aromatic heterocycles. The van der Waals surface area contributed by atoms with Gasteiger partial charge in [0.2, 0.25) is 0 Å². The maximum absolute atomic E-state index is 14.7. The number of anilines is 3. The molecule has 6 N–H and O–H groups in total. The number of aromatic nitrogens is 5. The average molecular weight is 548 g/mol. The number of nitrogens with two attached hydrogens (primary N) is 2. The number of methoxy groups -OCH3 is 1. The van der Waals surface area contributed by atoms with Crippen molar-refractivity contribution in [3.63, 3.8) is 0 Å². The maximum atomic E-state index is 14.7. The van der Waals surface area contributed by atoms with Gasteiger partial charge in [-0.25, -0.2) is 9.37 Å². The molecule has 1 saturated carbocycles. The maximum Gasteiger partial charge on any atom is 0.252 e. The van der Waals surface area contributed by atoms with Crippen LogP contribution in [-0.2, 0) is 11.3 Å². The van der Waals surface area contributed by atoms with E-state index in [1.54, 1.807) is 31.8 Å². The molecule has 0 bridgehead atoms. The first kappa shape index (κ1) is 28.6. The molecule has 2 atom stereocenters. The number of ether oxygens (including phenoxy) is 1. The molecule has 2 unspecified atom stereocenters. The summed E-state index contributed by atoms with van der Waals surface area (Å²) < 4.78 is 19.6. The van der Waals surface area contributed by atoms with Crippen LogP contribution in [-0.4, -0.2) is 50.1 Å². The van der Waals surface area contributed by atoms with Crippen molar-refractivity contribution in [2.45, 2.75) is 51.3 Å². The van der Waals surface area contributed by atoms with Gasteiger partial charge in [0.15, 0.2) is 11.6 Å². The Morgan fingerprint density at radius 1 is 1.12 bits per heavy atom.